The summed E-state index contributed by atoms with van der Waals surface area (Å²) in [6, 6.07) is 0. The Hall–Kier alpha value is -0.220. The van der Waals surface area contributed by atoms with Crippen LogP contribution in [-0.2, 0) is 4.79 Å². The molecule has 1 heterocycles. The van der Waals surface area contributed by atoms with E-state index in [9.17, 15) is 4.79 Å². The van der Waals surface area contributed by atoms with E-state index in [1.807, 2.05) is 0 Å². The third-order valence-corrected chi connectivity index (χ3v) is 4.09. The number of carbonyl (C=O) groups is 1. The maximum atomic E-state index is 11.9. The average Bonchev–Trinajstić information content (AvgIpc) is 2.10. The Kier molecular flexibility index (Phi) is 5.47. The van der Waals surface area contributed by atoms with Gasteiger partial charge in [-0.3, -0.25) is 4.79 Å². The number of thioether (sulfide) groups is 1. The molecular formula is C11H22N2OS. The minimum absolute atomic E-state index is 0.114. The average molecular weight is 230 g/mol. The molecule has 1 saturated heterocycles. The lowest BCUT2D eigenvalue weighted by Gasteiger charge is -2.28. The van der Waals surface area contributed by atoms with Crippen molar-refractivity contribution in [3.63, 3.8) is 0 Å². The molecule has 1 fully saturated rings. The summed E-state index contributed by atoms with van der Waals surface area (Å²) >= 11 is 1.74. The van der Waals surface area contributed by atoms with E-state index in [1.54, 1.807) is 11.8 Å². The highest BCUT2D eigenvalue weighted by molar-refractivity contribution is 8.00. The summed E-state index contributed by atoms with van der Waals surface area (Å²) in [6.45, 7) is 9.25. The van der Waals surface area contributed by atoms with E-state index in [-0.39, 0.29) is 11.2 Å². The monoisotopic (exact) mass is 230 g/mol. The molecule has 1 amide bonds. The first-order valence-electron chi connectivity index (χ1n) is 5.75. The number of nitrogens with one attached hydrogen (secondary N) is 2. The molecule has 2 N–H and O–H groups in total. The molecule has 0 radical (unpaired) electrons. The highest BCUT2D eigenvalue weighted by Crippen LogP contribution is 2.19. The molecule has 15 heavy (non-hydrogen) atoms. The van der Waals surface area contributed by atoms with Crippen LogP contribution < -0.4 is 10.6 Å². The van der Waals surface area contributed by atoms with Crippen molar-refractivity contribution in [2.45, 2.75) is 26.0 Å². The Morgan fingerprint density at radius 1 is 1.53 bits per heavy atom. The second-order valence-electron chi connectivity index (χ2n) is 4.39. The van der Waals surface area contributed by atoms with Crippen LogP contribution >= 0.6 is 11.8 Å². The van der Waals surface area contributed by atoms with Gasteiger partial charge in [0.25, 0.3) is 0 Å². The van der Waals surface area contributed by atoms with Crippen molar-refractivity contribution in [2.24, 2.45) is 11.8 Å². The van der Waals surface area contributed by atoms with Gasteiger partial charge >= 0.3 is 0 Å². The van der Waals surface area contributed by atoms with Crippen LogP contribution in [-0.4, -0.2) is 36.5 Å². The predicted molar refractivity (Wildman–Crippen MR) is 66.1 cm³/mol. The molecule has 0 spiro atoms. The van der Waals surface area contributed by atoms with Crippen molar-refractivity contribution in [2.75, 3.05) is 25.4 Å². The molecule has 0 aliphatic carbocycles. The standard InChI is InChI=1S/C11H22N2OS/c1-4-15-10(8(2)3)11(14)13-7-9-5-12-6-9/h8-10,12H,4-7H2,1-3H3,(H,13,14). The fourth-order valence-electron chi connectivity index (χ4n) is 1.59. The van der Waals surface area contributed by atoms with Crippen LogP contribution in [0.2, 0.25) is 0 Å². The lowest BCUT2D eigenvalue weighted by molar-refractivity contribution is -0.121. The Bertz CT molecular complexity index is 205. The third-order valence-electron chi connectivity index (χ3n) is 2.64. The number of hydrogen-bond donors (Lipinski definition) is 2. The van der Waals surface area contributed by atoms with Gasteiger partial charge in [0.15, 0.2) is 0 Å². The van der Waals surface area contributed by atoms with Gasteiger partial charge in [-0.2, -0.15) is 0 Å². The maximum absolute atomic E-state index is 11.9. The summed E-state index contributed by atoms with van der Waals surface area (Å²) in [4.78, 5) is 11.9. The fraction of sp³-hybridized carbons (Fsp3) is 0.909. The van der Waals surface area contributed by atoms with Crippen molar-refractivity contribution in [3.05, 3.63) is 0 Å². The van der Waals surface area contributed by atoms with E-state index in [1.165, 1.54) is 0 Å². The normalized spacial score (nSPS) is 18.7. The summed E-state index contributed by atoms with van der Waals surface area (Å²) in [5.74, 6) is 2.27. The van der Waals surface area contributed by atoms with Gasteiger partial charge < -0.3 is 10.6 Å². The lowest BCUT2D eigenvalue weighted by Crippen LogP contribution is -2.49. The minimum atomic E-state index is 0.114. The highest BCUT2D eigenvalue weighted by Gasteiger charge is 2.23. The summed E-state index contributed by atoms with van der Waals surface area (Å²) in [5.41, 5.74) is 0. The van der Waals surface area contributed by atoms with Gasteiger partial charge in [-0.15, -0.1) is 11.8 Å². The smallest absolute Gasteiger partial charge is 0.233 e. The summed E-state index contributed by atoms with van der Waals surface area (Å²) in [6.07, 6.45) is 0. The number of carbonyl (C=O) groups excluding carboxylic acids is 1. The minimum Gasteiger partial charge on any atom is -0.355 e. The van der Waals surface area contributed by atoms with Gasteiger partial charge in [-0.05, 0) is 11.7 Å². The summed E-state index contributed by atoms with van der Waals surface area (Å²) in [7, 11) is 0. The predicted octanol–water partition coefficient (Wildman–Crippen LogP) is 1.10. The van der Waals surface area contributed by atoms with Crippen LogP contribution in [0, 0.1) is 11.8 Å². The number of hydrogen-bond acceptors (Lipinski definition) is 3. The van der Waals surface area contributed by atoms with Crippen molar-refractivity contribution in [1.82, 2.24) is 10.6 Å². The van der Waals surface area contributed by atoms with Gasteiger partial charge in [0, 0.05) is 25.6 Å². The molecule has 0 aromatic rings. The molecule has 1 rings (SSSR count). The van der Waals surface area contributed by atoms with E-state index in [0.717, 1.165) is 25.4 Å². The van der Waals surface area contributed by atoms with Crippen LogP contribution in [0.25, 0.3) is 0 Å². The van der Waals surface area contributed by atoms with Crippen molar-refractivity contribution >= 4 is 17.7 Å². The van der Waals surface area contributed by atoms with Gasteiger partial charge in [-0.25, -0.2) is 0 Å². The molecule has 1 aliphatic heterocycles. The van der Waals surface area contributed by atoms with Crippen LogP contribution in [0.5, 0.6) is 0 Å². The zero-order valence-electron chi connectivity index (χ0n) is 9.88. The van der Waals surface area contributed by atoms with Crippen molar-refractivity contribution in [3.8, 4) is 0 Å². The van der Waals surface area contributed by atoms with E-state index in [0.29, 0.717) is 11.8 Å². The van der Waals surface area contributed by atoms with Crippen LogP contribution in [0.3, 0.4) is 0 Å². The van der Waals surface area contributed by atoms with Gasteiger partial charge in [0.05, 0.1) is 5.25 Å². The number of rotatable bonds is 6. The largest absolute Gasteiger partial charge is 0.355 e. The first-order valence-corrected chi connectivity index (χ1v) is 6.80. The topological polar surface area (TPSA) is 41.1 Å². The first-order chi connectivity index (χ1) is 7.15. The highest BCUT2D eigenvalue weighted by atomic mass is 32.2. The molecule has 0 saturated carbocycles. The van der Waals surface area contributed by atoms with Gasteiger partial charge in [0.2, 0.25) is 5.91 Å². The van der Waals surface area contributed by atoms with E-state index >= 15 is 0 Å². The molecule has 4 heteroatoms. The first kappa shape index (κ1) is 12.8. The molecule has 1 aliphatic rings. The lowest BCUT2D eigenvalue weighted by atomic mass is 10.0. The van der Waals surface area contributed by atoms with Crippen LogP contribution in [0.4, 0.5) is 0 Å². The second-order valence-corrected chi connectivity index (χ2v) is 5.81. The van der Waals surface area contributed by atoms with E-state index < -0.39 is 0 Å². The molecule has 88 valence electrons. The van der Waals surface area contributed by atoms with Crippen molar-refractivity contribution < 1.29 is 4.79 Å². The van der Waals surface area contributed by atoms with Crippen molar-refractivity contribution in [1.29, 1.82) is 0 Å². The Morgan fingerprint density at radius 3 is 2.60 bits per heavy atom. The van der Waals surface area contributed by atoms with E-state index in [2.05, 4.69) is 31.4 Å². The maximum Gasteiger partial charge on any atom is 0.233 e. The molecule has 0 aromatic heterocycles. The third kappa shape index (κ3) is 4.03. The van der Waals surface area contributed by atoms with Gasteiger partial charge in [-0.1, -0.05) is 20.8 Å². The molecule has 3 nitrogen and oxygen atoms in total. The molecular weight excluding hydrogens is 208 g/mol. The quantitative estimate of drug-likeness (QED) is 0.718. The molecule has 1 unspecified atom stereocenters. The Balaban J connectivity index is 2.27. The SMILES string of the molecule is CCSC(C(=O)NCC1CNC1)C(C)C. The van der Waals surface area contributed by atoms with Crippen LogP contribution in [0.15, 0.2) is 0 Å². The number of amides is 1. The van der Waals surface area contributed by atoms with E-state index in [4.69, 9.17) is 0 Å². The Labute approximate surface area is 96.8 Å². The zero-order valence-corrected chi connectivity index (χ0v) is 10.7. The van der Waals surface area contributed by atoms with Crippen LogP contribution in [0.1, 0.15) is 20.8 Å². The molecule has 1 atom stereocenters. The zero-order chi connectivity index (χ0) is 11.3. The van der Waals surface area contributed by atoms with Gasteiger partial charge in [0.1, 0.15) is 0 Å². The Morgan fingerprint density at radius 2 is 2.20 bits per heavy atom. The molecule has 0 bridgehead atoms. The fourth-order valence-corrected chi connectivity index (χ4v) is 2.57. The summed E-state index contributed by atoms with van der Waals surface area (Å²) in [5, 5.41) is 6.37. The summed E-state index contributed by atoms with van der Waals surface area (Å²) < 4.78 is 0. The molecule has 0 aromatic carbocycles. The second kappa shape index (κ2) is 6.38.